The monoisotopic (exact) mass is 418 g/mol. The van der Waals surface area contributed by atoms with Gasteiger partial charge in [0.15, 0.2) is 9.84 Å². The molecule has 148 valence electrons. The van der Waals surface area contributed by atoms with Crippen LogP contribution in [0.25, 0.3) is 0 Å². The predicted molar refractivity (Wildman–Crippen MR) is 111 cm³/mol. The summed E-state index contributed by atoms with van der Waals surface area (Å²) in [4.78, 5) is 25.1. The van der Waals surface area contributed by atoms with Crippen molar-refractivity contribution in [2.45, 2.75) is 30.1 Å². The second-order valence-corrected chi connectivity index (χ2v) is 9.96. The van der Waals surface area contributed by atoms with Gasteiger partial charge in [0.05, 0.1) is 16.3 Å². The molecule has 2 amide bonds. The summed E-state index contributed by atoms with van der Waals surface area (Å²) in [7, 11) is -3.66. The zero-order valence-corrected chi connectivity index (χ0v) is 17.3. The van der Waals surface area contributed by atoms with E-state index in [0.29, 0.717) is 17.1 Å². The molecule has 0 saturated carbocycles. The Morgan fingerprint density at radius 1 is 1.25 bits per heavy atom. The highest BCUT2D eigenvalue weighted by atomic mass is 32.2. The third-order valence-electron chi connectivity index (χ3n) is 4.52. The molecule has 6 nitrogen and oxygen atoms in total. The first-order valence-corrected chi connectivity index (χ1v) is 11.6. The Morgan fingerprint density at radius 2 is 2.00 bits per heavy atom. The van der Waals surface area contributed by atoms with Crippen molar-refractivity contribution in [3.8, 4) is 0 Å². The van der Waals surface area contributed by atoms with E-state index in [4.69, 9.17) is 0 Å². The van der Waals surface area contributed by atoms with Crippen LogP contribution in [0, 0.1) is 12.8 Å². The fraction of sp³-hybridized carbons (Fsp3) is 0.300. The molecule has 0 saturated heterocycles. The zero-order valence-electron chi connectivity index (χ0n) is 15.7. The fourth-order valence-electron chi connectivity index (χ4n) is 2.74. The zero-order chi connectivity index (χ0) is 20.3. The molecule has 0 spiro atoms. The topological polar surface area (TPSA) is 92.3 Å². The lowest BCUT2D eigenvalue weighted by Crippen LogP contribution is -2.20. The van der Waals surface area contributed by atoms with Gasteiger partial charge in [0.25, 0.3) is 0 Å². The van der Waals surface area contributed by atoms with Gasteiger partial charge in [-0.2, -0.15) is 0 Å². The highest BCUT2D eigenvalue weighted by Crippen LogP contribution is 2.34. The highest BCUT2D eigenvalue weighted by Gasteiger charge is 2.23. The SMILES string of the molecule is Cc1ccccc1NC(=O)CCS(=O)(=O)c1ccc2c(c1)NC(=O)[C@@H](C)CS2. The molecule has 0 aromatic heterocycles. The smallest absolute Gasteiger partial charge is 0.228 e. The summed E-state index contributed by atoms with van der Waals surface area (Å²) >= 11 is 1.52. The molecule has 1 aliphatic heterocycles. The lowest BCUT2D eigenvalue weighted by Gasteiger charge is -2.11. The van der Waals surface area contributed by atoms with E-state index in [1.165, 1.54) is 23.9 Å². The number of para-hydroxylation sites is 1. The maximum absolute atomic E-state index is 12.7. The Bertz CT molecular complexity index is 1020. The number of rotatable bonds is 5. The maximum Gasteiger partial charge on any atom is 0.228 e. The number of sulfone groups is 1. The minimum Gasteiger partial charge on any atom is -0.326 e. The summed E-state index contributed by atoms with van der Waals surface area (Å²) in [6, 6.07) is 12.0. The van der Waals surface area contributed by atoms with Gasteiger partial charge in [-0.15, -0.1) is 11.8 Å². The number of carbonyl (C=O) groups is 2. The number of benzene rings is 2. The van der Waals surface area contributed by atoms with Crippen molar-refractivity contribution < 1.29 is 18.0 Å². The van der Waals surface area contributed by atoms with Crippen LogP contribution in [0.2, 0.25) is 0 Å². The first kappa shape index (κ1) is 20.4. The second-order valence-electron chi connectivity index (χ2n) is 6.79. The van der Waals surface area contributed by atoms with Crippen molar-refractivity contribution in [3.05, 3.63) is 48.0 Å². The van der Waals surface area contributed by atoms with Crippen molar-refractivity contribution in [2.75, 3.05) is 22.1 Å². The normalized spacial score (nSPS) is 16.6. The van der Waals surface area contributed by atoms with Gasteiger partial charge in [0, 0.05) is 28.7 Å². The first-order chi connectivity index (χ1) is 13.3. The standard InChI is InChI=1S/C20H22N2O4S2/c1-13-5-3-4-6-16(13)21-19(23)9-10-28(25,26)15-7-8-18-17(11-15)22-20(24)14(2)12-27-18/h3-8,11,14H,9-10,12H2,1-2H3,(H,21,23)(H,22,24)/t14-/m0/s1. The van der Waals surface area contributed by atoms with Gasteiger partial charge in [-0.05, 0) is 36.8 Å². The number of carbonyl (C=O) groups excluding carboxylic acids is 2. The Labute approximate surface area is 169 Å². The molecular formula is C20H22N2O4S2. The molecule has 0 unspecified atom stereocenters. The number of anilines is 2. The molecule has 0 bridgehead atoms. The van der Waals surface area contributed by atoms with E-state index in [9.17, 15) is 18.0 Å². The first-order valence-electron chi connectivity index (χ1n) is 8.92. The van der Waals surface area contributed by atoms with Gasteiger partial charge in [-0.1, -0.05) is 25.1 Å². The molecule has 2 aromatic rings. The average molecular weight is 419 g/mol. The second kappa shape index (κ2) is 8.36. The molecule has 0 radical (unpaired) electrons. The minimum absolute atomic E-state index is 0.102. The van der Waals surface area contributed by atoms with Crippen LogP contribution in [0.4, 0.5) is 11.4 Å². The van der Waals surface area contributed by atoms with Crippen LogP contribution in [-0.4, -0.2) is 31.7 Å². The number of aryl methyl sites for hydroxylation is 1. The summed E-state index contributed by atoms with van der Waals surface area (Å²) in [6.45, 7) is 3.70. The number of amides is 2. The van der Waals surface area contributed by atoms with E-state index in [1.807, 2.05) is 32.0 Å². The van der Waals surface area contributed by atoms with Gasteiger partial charge in [0.2, 0.25) is 11.8 Å². The third kappa shape index (κ3) is 4.74. The van der Waals surface area contributed by atoms with Gasteiger partial charge < -0.3 is 10.6 Å². The lowest BCUT2D eigenvalue weighted by molar-refractivity contribution is -0.118. The molecule has 0 aliphatic carbocycles. The Kier molecular flexibility index (Phi) is 6.10. The van der Waals surface area contributed by atoms with Crippen molar-refractivity contribution in [1.29, 1.82) is 0 Å². The summed E-state index contributed by atoms with van der Waals surface area (Å²) in [5.41, 5.74) is 2.08. The largest absolute Gasteiger partial charge is 0.326 e. The molecule has 3 rings (SSSR count). The third-order valence-corrected chi connectivity index (χ3v) is 7.57. The number of thioether (sulfide) groups is 1. The fourth-order valence-corrected chi connectivity index (χ4v) is 5.02. The van der Waals surface area contributed by atoms with Gasteiger partial charge in [-0.25, -0.2) is 8.42 Å². The highest BCUT2D eigenvalue weighted by molar-refractivity contribution is 7.99. The molecule has 2 N–H and O–H groups in total. The maximum atomic E-state index is 12.7. The van der Waals surface area contributed by atoms with Crippen LogP contribution < -0.4 is 10.6 Å². The quantitative estimate of drug-likeness (QED) is 0.776. The number of hydrogen-bond acceptors (Lipinski definition) is 5. The van der Waals surface area contributed by atoms with E-state index in [1.54, 1.807) is 12.1 Å². The van der Waals surface area contributed by atoms with Gasteiger partial charge in [0.1, 0.15) is 0 Å². The molecule has 8 heteroatoms. The molecule has 1 atom stereocenters. The molecule has 1 aliphatic rings. The Balaban J connectivity index is 1.70. The van der Waals surface area contributed by atoms with Crippen molar-refractivity contribution in [1.82, 2.24) is 0 Å². The lowest BCUT2D eigenvalue weighted by atomic mass is 10.2. The Morgan fingerprint density at radius 3 is 2.75 bits per heavy atom. The summed E-state index contributed by atoms with van der Waals surface area (Å²) in [6.07, 6.45) is -0.147. The number of nitrogens with one attached hydrogen (secondary N) is 2. The summed E-state index contributed by atoms with van der Waals surface area (Å²) in [5.74, 6) is -0.295. The van der Waals surface area contributed by atoms with Gasteiger partial charge >= 0.3 is 0 Å². The summed E-state index contributed by atoms with van der Waals surface area (Å²) < 4.78 is 25.3. The van der Waals surface area contributed by atoms with Crippen LogP contribution in [-0.2, 0) is 19.4 Å². The Hall–Kier alpha value is -2.32. The van der Waals surface area contributed by atoms with E-state index in [2.05, 4.69) is 10.6 Å². The van der Waals surface area contributed by atoms with Crippen LogP contribution in [0.5, 0.6) is 0 Å². The van der Waals surface area contributed by atoms with Crippen LogP contribution >= 0.6 is 11.8 Å². The summed E-state index contributed by atoms with van der Waals surface area (Å²) in [5, 5.41) is 5.52. The molecule has 28 heavy (non-hydrogen) atoms. The molecule has 2 aromatic carbocycles. The average Bonchev–Trinajstić information content (AvgIpc) is 2.80. The van der Waals surface area contributed by atoms with Crippen molar-refractivity contribution in [3.63, 3.8) is 0 Å². The predicted octanol–water partition coefficient (Wildman–Crippen LogP) is 3.48. The van der Waals surface area contributed by atoms with E-state index >= 15 is 0 Å². The number of hydrogen-bond donors (Lipinski definition) is 2. The molecule has 0 fully saturated rings. The van der Waals surface area contributed by atoms with Gasteiger partial charge in [-0.3, -0.25) is 9.59 Å². The number of fused-ring (bicyclic) bond motifs is 1. The van der Waals surface area contributed by atoms with E-state index in [-0.39, 0.29) is 34.8 Å². The van der Waals surface area contributed by atoms with Crippen LogP contribution in [0.1, 0.15) is 18.9 Å². The molecule has 1 heterocycles. The van der Waals surface area contributed by atoms with E-state index < -0.39 is 9.84 Å². The minimum atomic E-state index is -3.66. The van der Waals surface area contributed by atoms with Crippen LogP contribution in [0.3, 0.4) is 0 Å². The van der Waals surface area contributed by atoms with Crippen LogP contribution in [0.15, 0.2) is 52.3 Å². The van der Waals surface area contributed by atoms with Crippen molar-refractivity contribution >= 4 is 44.8 Å². The van der Waals surface area contributed by atoms with E-state index in [0.717, 1.165) is 10.5 Å². The van der Waals surface area contributed by atoms with Crippen molar-refractivity contribution in [2.24, 2.45) is 5.92 Å². The molecular weight excluding hydrogens is 396 g/mol.